The fourth-order valence-electron chi connectivity index (χ4n) is 1.72. The number of halogens is 1. The average Bonchev–Trinajstić information content (AvgIpc) is 2.37. The summed E-state index contributed by atoms with van der Waals surface area (Å²) in [7, 11) is -3.96. The number of benzene rings is 2. The predicted molar refractivity (Wildman–Crippen MR) is 81.6 cm³/mol. The molecule has 2 rings (SSSR count). The standard InChI is InChI=1S/C13H12ClN3O3S/c14-10-7-8(15)5-6-12(10)21(19,20)17-11-4-2-1-3-9(11)13(16)18/h1-7,17H,15H2,(H2,16,18). The Hall–Kier alpha value is -2.25. The second-order valence-corrected chi connectivity index (χ2v) is 6.26. The van der Waals surface area contributed by atoms with Gasteiger partial charge in [0.2, 0.25) is 0 Å². The van der Waals surface area contributed by atoms with E-state index in [1.807, 2.05) is 0 Å². The molecule has 0 spiro atoms. The van der Waals surface area contributed by atoms with Crippen molar-refractivity contribution in [1.82, 2.24) is 0 Å². The number of hydrogen-bond acceptors (Lipinski definition) is 4. The van der Waals surface area contributed by atoms with Gasteiger partial charge in [0.05, 0.1) is 16.3 Å². The maximum atomic E-state index is 12.3. The number of para-hydroxylation sites is 1. The van der Waals surface area contributed by atoms with Crippen molar-refractivity contribution in [2.24, 2.45) is 5.73 Å². The molecule has 8 heteroatoms. The number of anilines is 2. The number of amides is 1. The van der Waals surface area contributed by atoms with Crippen LogP contribution in [-0.2, 0) is 10.0 Å². The van der Waals surface area contributed by atoms with Gasteiger partial charge in [0.25, 0.3) is 15.9 Å². The van der Waals surface area contributed by atoms with E-state index in [0.717, 1.165) is 0 Å². The van der Waals surface area contributed by atoms with Crippen LogP contribution in [0.2, 0.25) is 5.02 Å². The molecule has 0 aliphatic rings. The number of nitrogen functional groups attached to an aromatic ring is 1. The summed E-state index contributed by atoms with van der Waals surface area (Å²) >= 11 is 5.89. The summed E-state index contributed by atoms with van der Waals surface area (Å²) in [6.45, 7) is 0. The van der Waals surface area contributed by atoms with Crippen LogP contribution in [0.15, 0.2) is 47.4 Å². The molecule has 0 aromatic heterocycles. The molecule has 0 aliphatic carbocycles. The third-order valence-electron chi connectivity index (χ3n) is 2.68. The van der Waals surface area contributed by atoms with Gasteiger partial charge in [0.15, 0.2) is 0 Å². The number of carbonyl (C=O) groups is 1. The fourth-order valence-corrected chi connectivity index (χ4v) is 3.36. The molecule has 0 unspecified atom stereocenters. The number of rotatable bonds is 4. The lowest BCUT2D eigenvalue weighted by atomic mass is 10.2. The van der Waals surface area contributed by atoms with Crippen LogP contribution in [0.25, 0.3) is 0 Å². The Balaban J connectivity index is 2.45. The molecule has 0 atom stereocenters. The first-order valence-electron chi connectivity index (χ1n) is 5.78. The third kappa shape index (κ3) is 3.26. The molecule has 0 saturated heterocycles. The Kier molecular flexibility index (Phi) is 4.06. The Labute approximate surface area is 126 Å². The van der Waals surface area contributed by atoms with Gasteiger partial charge >= 0.3 is 0 Å². The van der Waals surface area contributed by atoms with Crippen molar-refractivity contribution < 1.29 is 13.2 Å². The van der Waals surface area contributed by atoms with Gasteiger partial charge in [-0.2, -0.15) is 0 Å². The zero-order valence-corrected chi connectivity index (χ0v) is 12.3. The second kappa shape index (κ2) is 5.63. The van der Waals surface area contributed by atoms with Crippen molar-refractivity contribution in [1.29, 1.82) is 0 Å². The van der Waals surface area contributed by atoms with E-state index in [0.29, 0.717) is 5.69 Å². The van der Waals surface area contributed by atoms with E-state index in [1.54, 1.807) is 12.1 Å². The molecule has 2 aromatic rings. The fraction of sp³-hybridized carbons (Fsp3) is 0. The first kappa shape index (κ1) is 15.1. The van der Waals surface area contributed by atoms with E-state index in [4.69, 9.17) is 23.1 Å². The summed E-state index contributed by atoms with van der Waals surface area (Å²) in [5.41, 5.74) is 11.2. The number of sulfonamides is 1. The van der Waals surface area contributed by atoms with Crippen LogP contribution in [0, 0.1) is 0 Å². The minimum absolute atomic E-state index is 0.0148. The van der Waals surface area contributed by atoms with Gasteiger partial charge in [-0.05, 0) is 30.3 Å². The summed E-state index contributed by atoms with van der Waals surface area (Å²) in [6, 6.07) is 10.0. The van der Waals surface area contributed by atoms with Gasteiger partial charge in [-0.3, -0.25) is 9.52 Å². The van der Waals surface area contributed by atoms with Crippen molar-refractivity contribution in [3.8, 4) is 0 Å². The Morgan fingerprint density at radius 2 is 1.81 bits per heavy atom. The van der Waals surface area contributed by atoms with Crippen LogP contribution in [-0.4, -0.2) is 14.3 Å². The van der Waals surface area contributed by atoms with E-state index >= 15 is 0 Å². The number of carbonyl (C=O) groups excluding carboxylic acids is 1. The van der Waals surface area contributed by atoms with Crippen LogP contribution >= 0.6 is 11.6 Å². The molecule has 1 amide bonds. The molecule has 0 radical (unpaired) electrons. The number of hydrogen-bond donors (Lipinski definition) is 3. The van der Waals surface area contributed by atoms with Crippen molar-refractivity contribution in [3.05, 3.63) is 53.1 Å². The summed E-state index contributed by atoms with van der Waals surface area (Å²) in [5.74, 6) is -0.739. The quantitative estimate of drug-likeness (QED) is 0.743. The lowest BCUT2D eigenvalue weighted by Gasteiger charge is -2.12. The van der Waals surface area contributed by atoms with Crippen LogP contribution in [0.5, 0.6) is 0 Å². The lowest BCUT2D eigenvalue weighted by molar-refractivity contribution is 0.100. The van der Waals surface area contributed by atoms with Gasteiger partial charge in [-0.25, -0.2) is 8.42 Å². The molecule has 110 valence electrons. The SMILES string of the molecule is NC(=O)c1ccccc1NS(=O)(=O)c1ccc(N)cc1Cl. The molecule has 5 N–H and O–H groups in total. The molecule has 2 aromatic carbocycles. The maximum Gasteiger partial charge on any atom is 0.263 e. The molecular weight excluding hydrogens is 314 g/mol. The van der Waals surface area contributed by atoms with Crippen molar-refractivity contribution in [2.45, 2.75) is 4.90 Å². The van der Waals surface area contributed by atoms with E-state index in [1.165, 1.54) is 30.3 Å². The highest BCUT2D eigenvalue weighted by molar-refractivity contribution is 7.92. The highest BCUT2D eigenvalue weighted by atomic mass is 35.5. The zero-order chi connectivity index (χ0) is 15.6. The number of nitrogens with two attached hydrogens (primary N) is 2. The van der Waals surface area contributed by atoms with Gasteiger partial charge in [-0.1, -0.05) is 23.7 Å². The monoisotopic (exact) mass is 325 g/mol. The van der Waals surface area contributed by atoms with Crippen LogP contribution in [0.4, 0.5) is 11.4 Å². The average molecular weight is 326 g/mol. The van der Waals surface area contributed by atoms with E-state index < -0.39 is 15.9 Å². The number of primary amides is 1. The van der Waals surface area contributed by atoms with Gasteiger partial charge < -0.3 is 11.5 Å². The molecule has 0 heterocycles. The number of nitrogens with one attached hydrogen (secondary N) is 1. The normalized spacial score (nSPS) is 11.1. The zero-order valence-electron chi connectivity index (χ0n) is 10.7. The van der Waals surface area contributed by atoms with Crippen molar-refractivity contribution in [3.63, 3.8) is 0 Å². The minimum atomic E-state index is -3.96. The molecule has 0 fully saturated rings. The summed E-state index contributed by atoms with van der Waals surface area (Å²) < 4.78 is 26.9. The third-order valence-corrected chi connectivity index (χ3v) is 4.53. The Bertz CT molecular complexity index is 806. The minimum Gasteiger partial charge on any atom is -0.399 e. The molecule has 0 aliphatic heterocycles. The van der Waals surface area contributed by atoms with Crippen LogP contribution in [0.1, 0.15) is 10.4 Å². The Morgan fingerprint density at radius 1 is 1.14 bits per heavy atom. The molecule has 6 nitrogen and oxygen atoms in total. The second-order valence-electron chi connectivity index (χ2n) is 4.21. The van der Waals surface area contributed by atoms with E-state index in [-0.39, 0.29) is 21.2 Å². The topological polar surface area (TPSA) is 115 Å². The van der Waals surface area contributed by atoms with E-state index in [2.05, 4.69) is 4.72 Å². The van der Waals surface area contributed by atoms with Gasteiger partial charge in [0.1, 0.15) is 4.90 Å². The van der Waals surface area contributed by atoms with Crippen molar-refractivity contribution in [2.75, 3.05) is 10.5 Å². The molecule has 21 heavy (non-hydrogen) atoms. The highest BCUT2D eigenvalue weighted by Crippen LogP contribution is 2.26. The summed E-state index contributed by atoms with van der Waals surface area (Å²) in [5, 5.41) is -0.0148. The maximum absolute atomic E-state index is 12.3. The lowest BCUT2D eigenvalue weighted by Crippen LogP contribution is -2.18. The van der Waals surface area contributed by atoms with Crippen molar-refractivity contribution >= 4 is 38.9 Å². The Morgan fingerprint density at radius 3 is 2.43 bits per heavy atom. The summed E-state index contributed by atoms with van der Waals surface area (Å²) in [6.07, 6.45) is 0. The first-order valence-corrected chi connectivity index (χ1v) is 7.64. The molecule has 0 bridgehead atoms. The molecular formula is C13H12ClN3O3S. The first-order chi connectivity index (χ1) is 9.81. The van der Waals surface area contributed by atoms with Gasteiger partial charge in [-0.15, -0.1) is 0 Å². The largest absolute Gasteiger partial charge is 0.399 e. The predicted octanol–water partition coefficient (Wildman–Crippen LogP) is 1.82. The molecule has 0 saturated carbocycles. The smallest absolute Gasteiger partial charge is 0.263 e. The van der Waals surface area contributed by atoms with Crippen LogP contribution in [0.3, 0.4) is 0 Å². The van der Waals surface area contributed by atoms with Gasteiger partial charge in [0, 0.05) is 5.69 Å². The highest BCUT2D eigenvalue weighted by Gasteiger charge is 2.20. The van der Waals surface area contributed by atoms with Crippen LogP contribution < -0.4 is 16.2 Å². The van der Waals surface area contributed by atoms with E-state index in [9.17, 15) is 13.2 Å². The summed E-state index contributed by atoms with van der Waals surface area (Å²) in [4.78, 5) is 11.2.